The monoisotopic (exact) mass is 430 g/mol. The zero-order valence-corrected chi connectivity index (χ0v) is 18.1. The van der Waals surface area contributed by atoms with E-state index in [2.05, 4.69) is 5.32 Å². The number of carbonyl (C=O) groups excluding carboxylic acids is 2. The molecule has 1 aliphatic heterocycles. The molecule has 2 heterocycles. The first kappa shape index (κ1) is 20.7. The first-order chi connectivity index (χ1) is 14.6. The number of ether oxygens (including phenoxy) is 3. The average Bonchev–Trinajstić information content (AvgIpc) is 3.36. The molecule has 0 radical (unpaired) electrons. The topological polar surface area (TPSA) is 77.1 Å². The molecule has 0 spiro atoms. The fourth-order valence-electron chi connectivity index (χ4n) is 3.92. The molecule has 30 heavy (non-hydrogen) atoms. The highest BCUT2D eigenvalue weighted by Gasteiger charge is 2.27. The molecule has 1 aliphatic carbocycles. The van der Waals surface area contributed by atoms with Crippen LogP contribution in [0, 0.1) is 0 Å². The van der Waals surface area contributed by atoms with Gasteiger partial charge < -0.3 is 19.5 Å². The zero-order valence-electron chi connectivity index (χ0n) is 17.3. The van der Waals surface area contributed by atoms with E-state index >= 15 is 0 Å². The van der Waals surface area contributed by atoms with Crippen LogP contribution in [0.2, 0.25) is 0 Å². The third-order valence-electron chi connectivity index (χ3n) is 5.47. The molecule has 2 aliphatic rings. The van der Waals surface area contributed by atoms with Crippen molar-refractivity contribution in [1.29, 1.82) is 0 Å². The molecule has 1 amide bonds. The van der Waals surface area contributed by atoms with Crippen LogP contribution in [0.15, 0.2) is 18.2 Å². The summed E-state index contributed by atoms with van der Waals surface area (Å²) in [5.41, 5.74) is 2.63. The number of anilines is 1. The number of aryl methyl sites for hydroxylation is 1. The van der Waals surface area contributed by atoms with Crippen LogP contribution in [-0.2, 0) is 28.9 Å². The molecular weight excluding hydrogens is 404 g/mol. The molecule has 0 fully saturated rings. The molecule has 0 bridgehead atoms. The number of nitrogens with zero attached hydrogens (tertiary/aromatic N) is 1. The fourth-order valence-corrected chi connectivity index (χ4v) is 5.21. The van der Waals surface area contributed by atoms with Crippen molar-refractivity contribution in [2.45, 2.75) is 39.2 Å². The summed E-state index contributed by atoms with van der Waals surface area (Å²) in [6.45, 7) is 3.82. The smallest absolute Gasteiger partial charge is 0.341 e. The van der Waals surface area contributed by atoms with Gasteiger partial charge in [0, 0.05) is 11.4 Å². The molecule has 1 aromatic heterocycles. The minimum Gasteiger partial charge on any atom is -0.465 e. The maximum atomic E-state index is 12.8. The van der Waals surface area contributed by atoms with E-state index in [-0.39, 0.29) is 25.2 Å². The number of benzene rings is 1. The number of methoxy groups -OCH3 is 1. The number of thiophene rings is 1. The lowest BCUT2D eigenvalue weighted by Gasteiger charge is -2.20. The van der Waals surface area contributed by atoms with Gasteiger partial charge in [-0.3, -0.25) is 9.69 Å². The molecule has 1 aromatic carbocycles. The number of hydrogen-bond donors (Lipinski definition) is 1. The highest BCUT2D eigenvalue weighted by molar-refractivity contribution is 7.17. The minimum atomic E-state index is -0.377. The molecule has 7 nitrogen and oxygen atoms in total. The molecule has 0 unspecified atom stereocenters. The average molecular weight is 431 g/mol. The lowest BCUT2D eigenvalue weighted by atomic mass is 9.95. The van der Waals surface area contributed by atoms with Crippen LogP contribution in [0.4, 0.5) is 5.00 Å². The molecule has 0 atom stereocenters. The van der Waals surface area contributed by atoms with Gasteiger partial charge in [0.1, 0.15) is 5.00 Å². The molecule has 1 N–H and O–H groups in total. The van der Waals surface area contributed by atoms with Gasteiger partial charge in [-0.15, -0.1) is 11.3 Å². The van der Waals surface area contributed by atoms with E-state index in [1.54, 1.807) is 0 Å². The molecule has 2 aromatic rings. The van der Waals surface area contributed by atoms with Crippen molar-refractivity contribution in [2.24, 2.45) is 0 Å². The third kappa shape index (κ3) is 4.29. The van der Waals surface area contributed by atoms with Crippen molar-refractivity contribution in [3.8, 4) is 11.5 Å². The summed E-state index contributed by atoms with van der Waals surface area (Å²) in [5.74, 6) is 0.968. The lowest BCUT2D eigenvalue weighted by Crippen LogP contribution is -2.32. The second-order valence-electron chi connectivity index (χ2n) is 7.45. The highest BCUT2D eigenvalue weighted by Crippen LogP contribution is 2.38. The van der Waals surface area contributed by atoms with Gasteiger partial charge in [-0.1, -0.05) is 13.0 Å². The zero-order chi connectivity index (χ0) is 21.1. The Bertz CT molecular complexity index is 955. The van der Waals surface area contributed by atoms with Gasteiger partial charge in [-0.05, 0) is 55.5 Å². The maximum absolute atomic E-state index is 12.8. The summed E-state index contributed by atoms with van der Waals surface area (Å²) in [5, 5.41) is 3.58. The van der Waals surface area contributed by atoms with Crippen LogP contribution >= 0.6 is 11.3 Å². The van der Waals surface area contributed by atoms with Crippen LogP contribution in [0.3, 0.4) is 0 Å². The van der Waals surface area contributed by atoms with Crippen molar-refractivity contribution in [2.75, 3.05) is 32.3 Å². The van der Waals surface area contributed by atoms with Gasteiger partial charge >= 0.3 is 5.97 Å². The predicted octanol–water partition coefficient (Wildman–Crippen LogP) is 3.60. The Hall–Kier alpha value is -2.58. The van der Waals surface area contributed by atoms with Gasteiger partial charge in [0.25, 0.3) is 0 Å². The van der Waals surface area contributed by atoms with Crippen molar-refractivity contribution in [3.05, 3.63) is 39.8 Å². The van der Waals surface area contributed by atoms with Gasteiger partial charge in [-0.2, -0.15) is 0 Å². The predicted molar refractivity (Wildman–Crippen MR) is 114 cm³/mol. The Balaban J connectivity index is 1.44. The van der Waals surface area contributed by atoms with Crippen molar-refractivity contribution in [1.82, 2.24) is 4.90 Å². The van der Waals surface area contributed by atoms with E-state index < -0.39 is 0 Å². The summed E-state index contributed by atoms with van der Waals surface area (Å²) in [4.78, 5) is 28.4. The van der Waals surface area contributed by atoms with E-state index in [1.807, 2.05) is 30.0 Å². The van der Waals surface area contributed by atoms with E-state index in [0.717, 1.165) is 48.3 Å². The van der Waals surface area contributed by atoms with E-state index in [1.165, 1.54) is 23.3 Å². The normalized spacial score (nSPS) is 14.5. The second-order valence-corrected chi connectivity index (χ2v) is 8.55. The van der Waals surface area contributed by atoms with Crippen LogP contribution < -0.4 is 14.8 Å². The number of rotatable bonds is 7. The fraction of sp³-hybridized carbons (Fsp3) is 0.455. The Kier molecular flexibility index (Phi) is 6.24. The Morgan fingerprint density at radius 1 is 1.20 bits per heavy atom. The van der Waals surface area contributed by atoms with Crippen molar-refractivity contribution < 1.29 is 23.8 Å². The SMILES string of the molecule is CCN(CC(=O)Nc1sc2c(c1C(=O)OC)CCCC2)Cc1ccc2c(c1)OCO2. The lowest BCUT2D eigenvalue weighted by molar-refractivity contribution is -0.117. The van der Waals surface area contributed by atoms with Crippen LogP contribution in [-0.4, -0.2) is 43.8 Å². The van der Waals surface area contributed by atoms with Crippen molar-refractivity contribution in [3.63, 3.8) is 0 Å². The van der Waals surface area contributed by atoms with Crippen molar-refractivity contribution >= 4 is 28.2 Å². The quantitative estimate of drug-likeness (QED) is 0.677. The van der Waals surface area contributed by atoms with E-state index in [0.29, 0.717) is 23.7 Å². The van der Waals surface area contributed by atoms with Gasteiger partial charge in [0.2, 0.25) is 12.7 Å². The van der Waals surface area contributed by atoms with E-state index in [9.17, 15) is 9.59 Å². The van der Waals surface area contributed by atoms with Crippen LogP contribution in [0.25, 0.3) is 0 Å². The summed E-state index contributed by atoms with van der Waals surface area (Å²) in [6.07, 6.45) is 3.98. The number of carbonyl (C=O) groups is 2. The van der Waals surface area contributed by atoms with Gasteiger partial charge in [-0.25, -0.2) is 4.79 Å². The first-order valence-electron chi connectivity index (χ1n) is 10.2. The molecular formula is C22H26N2O5S. The van der Waals surface area contributed by atoms with Crippen LogP contribution in [0.1, 0.15) is 46.1 Å². The molecule has 0 saturated heterocycles. The molecule has 8 heteroatoms. The summed E-state index contributed by atoms with van der Waals surface area (Å²) < 4.78 is 15.8. The molecule has 160 valence electrons. The first-order valence-corrected chi connectivity index (χ1v) is 11.0. The standard InChI is InChI=1S/C22H26N2O5S/c1-3-24(11-14-8-9-16-17(10-14)29-13-28-16)12-19(25)23-21-20(22(26)27-2)15-6-4-5-7-18(15)30-21/h8-10H,3-7,11-13H2,1-2H3,(H,23,25). The highest BCUT2D eigenvalue weighted by atomic mass is 32.1. The maximum Gasteiger partial charge on any atom is 0.341 e. The Morgan fingerprint density at radius 3 is 2.80 bits per heavy atom. The minimum absolute atomic E-state index is 0.138. The number of esters is 1. The number of fused-ring (bicyclic) bond motifs is 2. The number of amides is 1. The number of hydrogen-bond acceptors (Lipinski definition) is 7. The van der Waals surface area contributed by atoms with Crippen LogP contribution in [0.5, 0.6) is 11.5 Å². The summed E-state index contributed by atoms with van der Waals surface area (Å²) in [7, 11) is 1.38. The van der Waals surface area contributed by atoms with Gasteiger partial charge in [0.15, 0.2) is 11.5 Å². The second kappa shape index (κ2) is 9.06. The number of likely N-dealkylation sites (N-methyl/N-ethyl adjacent to an activating group) is 1. The Labute approximate surface area is 179 Å². The molecule has 0 saturated carbocycles. The third-order valence-corrected chi connectivity index (χ3v) is 6.68. The number of nitrogens with one attached hydrogen (secondary N) is 1. The Morgan fingerprint density at radius 2 is 2.00 bits per heavy atom. The summed E-state index contributed by atoms with van der Waals surface area (Å²) >= 11 is 1.50. The summed E-state index contributed by atoms with van der Waals surface area (Å²) in [6, 6.07) is 5.83. The van der Waals surface area contributed by atoms with Gasteiger partial charge in [0.05, 0.1) is 19.2 Å². The van der Waals surface area contributed by atoms with E-state index in [4.69, 9.17) is 14.2 Å². The molecule has 4 rings (SSSR count). The largest absolute Gasteiger partial charge is 0.465 e.